The molecule has 25 heavy (non-hydrogen) atoms. The fourth-order valence-electron chi connectivity index (χ4n) is 2.89. The Morgan fingerprint density at radius 1 is 1.32 bits per heavy atom. The van der Waals surface area contributed by atoms with E-state index in [0.29, 0.717) is 30.8 Å². The van der Waals surface area contributed by atoms with E-state index in [4.69, 9.17) is 9.84 Å². The Labute approximate surface area is 147 Å². The van der Waals surface area contributed by atoms with Crippen molar-refractivity contribution < 1.29 is 24.2 Å². The summed E-state index contributed by atoms with van der Waals surface area (Å²) in [6.45, 7) is 2.11. The number of aliphatic carboxylic acids is 1. The molecule has 7 nitrogen and oxygen atoms in total. The third-order valence-electron chi connectivity index (χ3n) is 4.05. The SMILES string of the molecule is CCCC(=O)N1CCCCC1C(=O)Nc1cccc(OCC(=O)O)c1. The van der Waals surface area contributed by atoms with E-state index in [1.54, 1.807) is 29.2 Å². The van der Waals surface area contributed by atoms with Gasteiger partial charge in [-0.25, -0.2) is 4.79 Å². The fourth-order valence-corrected chi connectivity index (χ4v) is 2.89. The minimum atomic E-state index is -1.07. The van der Waals surface area contributed by atoms with Crippen LogP contribution in [0.15, 0.2) is 24.3 Å². The monoisotopic (exact) mass is 348 g/mol. The molecule has 1 atom stereocenters. The molecule has 0 saturated carbocycles. The molecule has 1 unspecified atom stereocenters. The number of carboxylic acids is 1. The van der Waals surface area contributed by atoms with E-state index < -0.39 is 18.6 Å². The first kappa shape index (κ1) is 18.8. The van der Waals surface area contributed by atoms with Crippen molar-refractivity contribution >= 4 is 23.5 Å². The lowest BCUT2D eigenvalue weighted by Gasteiger charge is -2.34. The van der Waals surface area contributed by atoms with Crippen LogP contribution in [0.5, 0.6) is 5.75 Å². The Hall–Kier alpha value is -2.57. The van der Waals surface area contributed by atoms with Gasteiger partial charge in [-0.15, -0.1) is 0 Å². The summed E-state index contributed by atoms with van der Waals surface area (Å²) in [6, 6.07) is 6.11. The van der Waals surface area contributed by atoms with Crippen molar-refractivity contribution in [3.8, 4) is 5.75 Å². The van der Waals surface area contributed by atoms with Gasteiger partial charge in [0.2, 0.25) is 11.8 Å². The molecule has 7 heteroatoms. The highest BCUT2D eigenvalue weighted by atomic mass is 16.5. The predicted molar refractivity (Wildman–Crippen MR) is 92.5 cm³/mol. The van der Waals surface area contributed by atoms with Gasteiger partial charge in [0.15, 0.2) is 6.61 Å². The van der Waals surface area contributed by atoms with E-state index in [0.717, 1.165) is 19.3 Å². The van der Waals surface area contributed by atoms with Crippen molar-refractivity contribution in [2.45, 2.75) is 45.1 Å². The zero-order chi connectivity index (χ0) is 18.2. The van der Waals surface area contributed by atoms with Crippen LogP contribution in [-0.4, -0.2) is 47.0 Å². The molecule has 2 rings (SSSR count). The van der Waals surface area contributed by atoms with Crippen LogP contribution in [0.4, 0.5) is 5.69 Å². The van der Waals surface area contributed by atoms with Gasteiger partial charge in [0.25, 0.3) is 0 Å². The maximum atomic E-state index is 12.6. The number of nitrogens with zero attached hydrogens (tertiary/aromatic N) is 1. The number of benzene rings is 1. The van der Waals surface area contributed by atoms with Gasteiger partial charge in [-0.05, 0) is 37.8 Å². The normalized spacial score (nSPS) is 17.0. The second kappa shape index (κ2) is 9.05. The van der Waals surface area contributed by atoms with Crippen LogP contribution in [0, 0.1) is 0 Å². The third kappa shape index (κ3) is 5.48. The van der Waals surface area contributed by atoms with Crippen LogP contribution >= 0.6 is 0 Å². The zero-order valence-corrected chi connectivity index (χ0v) is 14.4. The van der Waals surface area contributed by atoms with Gasteiger partial charge in [0.05, 0.1) is 0 Å². The number of carboxylic acid groups (broad SMARTS) is 1. The van der Waals surface area contributed by atoms with Crippen LogP contribution < -0.4 is 10.1 Å². The van der Waals surface area contributed by atoms with Crippen LogP contribution in [0.25, 0.3) is 0 Å². The van der Waals surface area contributed by atoms with E-state index >= 15 is 0 Å². The number of ether oxygens (including phenoxy) is 1. The van der Waals surface area contributed by atoms with Gasteiger partial charge in [-0.3, -0.25) is 9.59 Å². The number of carbonyl (C=O) groups is 3. The number of carbonyl (C=O) groups excluding carboxylic acids is 2. The third-order valence-corrected chi connectivity index (χ3v) is 4.05. The predicted octanol–water partition coefficient (Wildman–Crippen LogP) is 2.27. The van der Waals surface area contributed by atoms with Crippen LogP contribution in [0.1, 0.15) is 39.0 Å². The summed E-state index contributed by atoms with van der Waals surface area (Å²) < 4.78 is 5.11. The largest absolute Gasteiger partial charge is 0.482 e. The van der Waals surface area contributed by atoms with Gasteiger partial charge < -0.3 is 20.1 Å². The Morgan fingerprint density at radius 3 is 2.84 bits per heavy atom. The smallest absolute Gasteiger partial charge is 0.341 e. The fraction of sp³-hybridized carbons (Fsp3) is 0.500. The molecule has 0 radical (unpaired) electrons. The molecule has 1 fully saturated rings. The first-order valence-corrected chi connectivity index (χ1v) is 8.56. The van der Waals surface area contributed by atoms with Crippen molar-refractivity contribution in [3.63, 3.8) is 0 Å². The lowest BCUT2D eigenvalue weighted by atomic mass is 10.0. The van der Waals surface area contributed by atoms with Gasteiger partial charge >= 0.3 is 5.97 Å². The Bertz CT molecular complexity index is 632. The number of rotatable bonds is 7. The van der Waals surface area contributed by atoms with E-state index in [9.17, 15) is 14.4 Å². The molecule has 1 saturated heterocycles. The Kier molecular flexibility index (Phi) is 6.80. The molecule has 2 amide bonds. The summed E-state index contributed by atoms with van der Waals surface area (Å²) in [5, 5.41) is 11.5. The van der Waals surface area contributed by atoms with Gasteiger partial charge in [-0.1, -0.05) is 13.0 Å². The van der Waals surface area contributed by atoms with Crippen molar-refractivity contribution in [1.82, 2.24) is 4.90 Å². The molecule has 1 heterocycles. The molecule has 1 aliphatic heterocycles. The second-order valence-electron chi connectivity index (χ2n) is 6.05. The Morgan fingerprint density at radius 2 is 2.12 bits per heavy atom. The van der Waals surface area contributed by atoms with Crippen molar-refractivity contribution in [2.75, 3.05) is 18.5 Å². The number of amides is 2. The molecule has 0 spiro atoms. The molecule has 2 N–H and O–H groups in total. The van der Waals surface area contributed by atoms with Gasteiger partial charge in [-0.2, -0.15) is 0 Å². The van der Waals surface area contributed by atoms with Crippen molar-refractivity contribution in [3.05, 3.63) is 24.3 Å². The van der Waals surface area contributed by atoms with Gasteiger partial charge in [0.1, 0.15) is 11.8 Å². The maximum Gasteiger partial charge on any atom is 0.341 e. The number of piperidine rings is 1. The maximum absolute atomic E-state index is 12.6. The summed E-state index contributed by atoms with van der Waals surface area (Å²) in [6.07, 6.45) is 3.68. The highest BCUT2D eigenvalue weighted by molar-refractivity contribution is 5.97. The first-order chi connectivity index (χ1) is 12.0. The zero-order valence-electron chi connectivity index (χ0n) is 14.4. The van der Waals surface area contributed by atoms with Crippen molar-refractivity contribution in [2.24, 2.45) is 0 Å². The highest BCUT2D eigenvalue weighted by Crippen LogP contribution is 2.22. The van der Waals surface area contributed by atoms with Crippen LogP contribution in [-0.2, 0) is 14.4 Å². The lowest BCUT2D eigenvalue weighted by molar-refractivity contribution is -0.140. The molecular formula is C18H24N2O5. The highest BCUT2D eigenvalue weighted by Gasteiger charge is 2.31. The summed E-state index contributed by atoms with van der Waals surface area (Å²) in [5.74, 6) is -0.912. The number of hydrogen-bond donors (Lipinski definition) is 2. The quantitative estimate of drug-likeness (QED) is 0.788. The summed E-state index contributed by atoms with van der Waals surface area (Å²) >= 11 is 0. The number of likely N-dealkylation sites (tertiary alicyclic amines) is 1. The van der Waals surface area contributed by atoms with E-state index in [1.165, 1.54) is 0 Å². The molecule has 0 bridgehead atoms. The molecule has 0 aromatic heterocycles. The molecule has 0 aliphatic carbocycles. The minimum absolute atomic E-state index is 0.0147. The number of nitrogens with one attached hydrogen (secondary N) is 1. The van der Waals surface area contributed by atoms with Crippen LogP contribution in [0.2, 0.25) is 0 Å². The lowest BCUT2D eigenvalue weighted by Crippen LogP contribution is -2.49. The first-order valence-electron chi connectivity index (χ1n) is 8.56. The number of anilines is 1. The van der Waals surface area contributed by atoms with E-state index in [1.807, 2.05) is 6.92 Å². The summed E-state index contributed by atoms with van der Waals surface area (Å²) in [5.41, 5.74) is 0.515. The average Bonchev–Trinajstić information content (AvgIpc) is 2.60. The average molecular weight is 348 g/mol. The topological polar surface area (TPSA) is 95.9 Å². The molecular weight excluding hydrogens is 324 g/mol. The summed E-state index contributed by atoms with van der Waals surface area (Å²) in [4.78, 5) is 37.1. The molecule has 1 aromatic rings. The second-order valence-corrected chi connectivity index (χ2v) is 6.05. The molecule has 136 valence electrons. The minimum Gasteiger partial charge on any atom is -0.482 e. The Balaban J connectivity index is 2.03. The van der Waals surface area contributed by atoms with E-state index in [-0.39, 0.29) is 11.8 Å². The van der Waals surface area contributed by atoms with Gasteiger partial charge in [0, 0.05) is 24.7 Å². The molecule has 1 aliphatic rings. The van der Waals surface area contributed by atoms with Crippen LogP contribution in [0.3, 0.4) is 0 Å². The van der Waals surface area contributed by atoms with E-state index in [2.05, 4.69) is 5.32 Å². The summed E-state index contributed by atoms with van der Waals surface area (Å²) in [7, 11) is 0. The number of hydrogen-bond acceptors (Lipinski definition) is 4. The standard InChI is InChI=1S/C18H24N2O5/c1-2-6-16(21)20-10-4-3-9-15(20)18(24)19-13-7-5-8-14(11-13)25-12-17(22)23/h5,7-8,11,15H,2-4,6,9-10,12H2,1H3,(H,19,24)(H,22,23). The van der Waals surface area contributed by atoms with Crippen molar-refractivity contribution in [1.29, 1.82) is 0 Å². The molecule has 1 aromatic carbocycles.